The molecule has 1 aromatic rings. The third kappa shape index (κ3) is 3.61. The highest BCUT2D eigenvalue weighted by Crippen LogP contribution is 2.35. The number of nitrogens with one attached hydrogen (secondary N) is 1. The molecule has 0 saturated carbocycles. The molecule has 0 aliphatic heterocycles. The number of nitrogens with zero attached hydrogens (tertiary/aromatic N) is 1. The van der Waals surface area contributed by atoms with Crippen LogP contribution in [0, 0.1) is 17.2 Å². The molecule has 104 valence electrons. The van der Waals surface area contributed by atoms with Crippen molar-refractivity contribution in [3.8, 4) is 6.07 Å². The lowest BCUT2D eigenvalue weighted by Crippen LogP contribution is -2.18. The van der Waals surface area contributed by atoms with Crippen LogP contribution in [0.25, 0.3) is 0 Å². The monoisotopic (exact) mass is 280 g/mol. The van der Waals surface area contributed by atoms with Crippen molar-refractivity contribution in [1.82, 2.24) is 0 Å². The Labute approximate surface area is 117 Å². The highest BCUT2D eigenvalue weighted by molar-refractivity contribution is 7.18. The predicted molar refractivity (Wildman–Crippen MR) is 79.1 cm³/mol. The van der Waals surface area contributed by atoms with E-state index in [1.807, 2.05) is 13.0 Å². The van der Waals surface area contributed by atoms with E-state index >= 15 is 0 Å². The average Bonchev–Trinajstić information content (AvgIpc) is 2.65. The topological polar surface area (TPSA) is 105 Å². The van der Waals surface area contributed by atoms with Crippen molar-refractivity contribution in [2.75, 3.05) is 11.1 Å². The zero-order chi connectivity index (χ0) is 14.6. The second-order valence-corrected chi connectivity index (χ2v) is 5.84. The van der Waals surface area contributed by atoms with Crippen LogP contribution in [-0.4, -0.2) is 11.9 Å². The SMILES string of the molecule is CCC(C)CC(C)Nc1sc(C(N)=O)c(N)c1C#N. The molecular formula is C13H20N4OS. The van der Waals surface area contributed by atoms with Crippen LogP contribution in [0.5, 0.6) is 0 Å². The summed E-state index contributed by atoms with van der Waals surface area (Å²) in [6, 6.07) is 2.24. The number of anilines is 2. The minimum Gasteiger partial charge on any atom is -0.396 e. The molecule has 5 nitrogen and oxygen atoms in total. The van der Waals surface area contributed by atoms with E-state index in [2.05, 4.69) is 19.2 Å². The maximum atomic E-state index is 11.2. The molecular weight excluding hydrogens is 260 g/mol. The van der Waals surface area contributed by atoms with Gasteiger partial charge in [0, 0.05) is 6.04 Å². The third-order valence-corrected chi connectivity index (χ3v) is 4.26. The van der Waals surface area contributed by atoms with Gasteiger partial charge in [-0.3, -0.25) is 4.79 Å². The summed E-state index contributed by atoms with van der Waals surface area (Å²) in [5.74, 6) is 0.00239. The Morgan fingerprint density at radius 2 is 2.16 bits per heavy atom. The Morgan fingerprint density at radius 1 is 1.53 bits per heavy atom. The molecule has 2 atom stereocenters. The molecule has 5 N–H and O–H groups in total. The first-order valence-corrected chi connectivity index (χ1v) is 7.11. The van der Waals surface area contributed by atoms with Gasteiger partial charge in [0.15, 0.2) is 0 Å². The molecule has 19 heavy (non-hydrogen) atoms. The van der Waals surface area contributed by atoms with Crippen LogP contribution in [0.1, 0.15) is 48.8 Å². The van der Waals surface area contributed by atoms with Crippen LogP contribution >= 0.6 is 11.3 Å². The van der Waals surface area contributed by atoms with E-state index in [-0.39, 0.29) is 16.6 Å². The zero-order valence-electron chi connectivity index (χ0n) is 11.5. The number of primary amides is 1. The van der Waals surface area contributed by atoms with Crippen molar-refractivity contribution < 1.29 is 4.79 Å². The molecule has 0 aromatic carbocycles. The molecule has 0 fully saturated rings. The first-order valence-electron chi connectivity index (χ1n) is 6.29. The molecule has 1 amide bonds. The van der Waals surface area contributed by atoms with E-state index in [0.717, 1.165) is 24.2 Å². The Kier molecular flexibility index (Phi) is 5.19. The van der Waals surface area contributed by atoms with E-state index in [1.165, 1.54) is 0 Å². The number of carbonyl (C=O) groups is 1. The fraction of sp³-hybridized carbons (Fsp3) is 0.538. The molecule has 0 aliphatic rings. The van der Waals surface area contributed by atoms with Crippen molar-refractivity contribution in [3.63, 3.8) is 0 Å². The van der Waals surface area contributed by atoms with Gasteiger partial charge in [-0.1, -0.05) is 20.3 Å². The second kappa shape index (κ2) is 6.43. The number of hydrogen-bond acceptors (Lipinski definition) is 5. The Bertz CT molecular complexity index is 503. The molecule has 1 aromatic heterocycles. The van der Waals surface area contributed by atoms with Crippen molar-refractivity contribution in [3.05, 3.63) is 10.4 Å². The number of hydrogen-bond donors (Lipinski definition) is 3. The second-order valence-electron chi connectivity index (χ2n) is 4.82. The van der Waals surface area contributed by atoms with Crippen LogP contribution in [0.15, 0.2) is 0 Å². The minimum absolute atomic E-state index is 0.179. The summed E-state index contributed by atoms with van der Waals surface area (Å²) in [6.45, 7) is 6.38. The van der Waals surface area contributed by atoms with Crippen LogP contribution in [0.4, 0.5) is 10.7 Å². The number of nitriles is 1. The quantitative estimate of drug-likeness (QED) is 0.744. The van der Waals surface area contributed by atoms with Crippen molar-refractivity contribution in [2.45, 2.75) is 39.7 Å². The van der Waals surface area contributed by atoms with Crippen molar-refractivity contribution in [1.29, 1.82) is 5.26 Å². The van der Waals surface area contributed by atoms with E-state index in [4.69, 9.17) is 16.7 Å². The highest BCUT2D eigenvalue weighted by Gasteiger charge is 2.20. The van der Waals surface area contributed by atoms with E-state index in [0.29, 0.717) is 16.5 Å². The van der Waals surface area contributed by atoms with Gasteiger partial charge in [0.25, 0.3) is 5.91 Å². The number of thiophene rings is 1. The summed E-state index contributed by atoms with van der Waals surface area (Å²) in [5, 5.41) is 13.0. The lowest BCUT2D eigenvalue weighted by molar-refractivity contribution is 0.100. The largest absolute Gasteiger partial charge is 0.396 e. The van der Waals surface area contributed by atoms with Gasteiger partial charge >= 0.3 is 0 Å². The smallest absolute Gasteiger partial charge is 0.261 e. The van der Waals surface area contributed by atoms with Gasteiger partial charge in [0.2, 0.25) is 0 Å². The summed E-state index contributed by atoms with van der Waals surface area (Å²) in [6.07, 6.45) is 2.10. The molecule has 0 radical (unpaired) electrons. The molecule has 2 unspecified atom stereocenters. The summed E-state index contributed by atoms with van der Waals surface area (Å²) in [4.78, 5) is 11.5. The first-order chi connectivity index (χ1) is 8.90. The van der Waals surface area contributed by atoms with E-state index in [9.17, 15) is 4.79 Å². The molecule has 6 heteroatoms. The van der Waals surface area contributed by atoms with Gasteiger partial charge in [0.05, 0.1) is 5.69 Å². The number of carbonyl (C=O) groups excluding carboxylic acids is 1. The van der Waals surface area contributed by atoms with Gasteiger partial charge in [-0.25, -0.2) is 0 Å². The molecule has 1 heterocycles. The molecule has 0 aliphatic carbocycles. The Morgan fingerprint density at radius 3 is 2.63 bits per heavy atom. The normalized spacial score (nSPS) is 13.6. The van der Waals surface area contributed by atoms with Gasteiger partial charge < -0.3 is 16.8 Å². The maximum Gasteiger partial charge on any atom is 0.261 e. The number of rotatable bonds is 6. The predicted octanol–water partition coefficient (Wildman–Crippen LogP) is 2.54. The molecule has 0 bridgehead atoms. The summed E-state index contributed by atoms with van der Waals surface area (Å²) in [7, 11) is 0. The summed E-state index contributed by atoms with van der Waals surface area (Å²) in [5.41, 5.74) is 11.5. The van der Waals surface area contributed by atoms with Crippen LogP contribution in [0.2, 0.25) is 0 Å². The standard InChI is InChI=1S/C13H20N4OS/c1-4-7(2)5-8(3)17-13-9(6-14)10(15)11(19-13)12(16)18/h7-8,17H,4-5,15H2,1-3H3,(H2,16,18). The molecule has 1 rings (SSSR count). The van der Waals surface area contributed by atoms with E-state index < -0.39 is 5.91 Å². The zero-order valence-corrected chi connectivity index (χ0v) is 12.3. The lowest BCUT2D eigenvalue weighted by atomic mass is 10.0. The highest BCUT2D eigenvalue weighted by atomic mass is 32.1. The van der Waals surface area contributed by atoms with Gasteiger partial charge in [-0.2, -0.15) is 5.26 Å². The fourth-order valence-electron chi connectivity index (χ4n) is 1.89. The van der Waals surface area contributed by atoms with Crippen LogP contribution < -0.4 is 16.8 Å². The summed E-state index contributed by atoms with van der Waals surface area (Å²) >= 11 is 1.15. The van der Waals surface area contributed by atoms with Gasteiger partial charge in [-0.05, 0) is 19.3 Å². The van der Waals surface area contributed by atoms with Crippen LogP contribution in [-0.2, 0) is 0 Å². The first kappa shape index (κ1) is 15.3. The number of nitrogen functional groups attached to an aromatic ring is 1. The maximum absolute atomic E-state index is 11.2. The fourth-order valence-corrected chi connectivity index (χ4v) is 2.93. The Balaban J connectivity index is 2.93. The van der Waals surface area contributed by atoms with Gasteiger partial charge in [0.1, 0.15) is 21.5 Å². The lowest BCUT2D eigenvalue weighted by Gasteiger charge is -2.17. The molecule has 0 saturated heterocycles. The van der Waals surface area contributed by atoms with E-state index in [1.54, 1.807) is 0 Å². The number of nitrogens with two attached hydrogens (primary N) is 2. The van der Waals surface area contributed by atoms with Crippen molar-refractivity contribution >= 4 is 27.9 Å². The summed E-state index contributed by atoms with van der Waals surface area (Å²) < 4.78 is 0. The third-order valence-electron chi connectivity index (χ3n) is 3.11. The Hall–Kier alpha value is -1.74. The van der Waals surface area contributed by atoms with Gasteiger partial charge in [-0.15, -0.1) is 11.3 Å². The van der Waals surface area contributed by atoms with Crippen LogP contribution in [0.3, 0.4) is 0 Å². The minimum atomic E-state index is -0.596. The van der Waals surface area contributed by atoms with Crippen molar-refractivity contribution in [2.24, 2.45) is 11.7 Å². The average molecular weight is 280 g/mol. The number of amides is 1. The molecule has 0 spiro atoms.